The summed E-state index contributed by atoms with van der Waals surface area (Å²) in [5, 5.41) is 4.46. The third kappa shape index (κ3) is 3.27. The molecule has 21 heavy (non-hydrogen) atoms. The Morgan fingerprint density at radius 2 is 2.00 bits per heavy atom. The van der Waals surface area contributed by atoms with Crippen molar-refractivity contribution in [1.82, 2.24) is 9.78 Å². The highest BCUT2D eigenvalue weighted by atomic mass is 16.5. The summed E-state index contributed by atoms with van der Waals surface area (Å²) in [7, 11) is 3.67. The fourth-order valence-electron chi connectivity index (χ4n) is 2.78. The van der Waals surface area contributed by atoms with Crippen LogP contribution in [0.15, 0.2) is 18.2 Å². The van der Waals surface area contributed by atoms with Gasteiger partial charge in [0.25, 0.3) is 0 Å². The molecule has 0 aliphatic heterocycles. The predicted octanol–water partition coefficient (Wildman–Crippen LogP) is 2.99. The van der Waals surface area contributed by atoms with Crippen LogP contribution in [0.3, 0.4) is 0 Å². The topological polar surface area (TPSA) is 53.1 Å². The van der Waals surface area contributed by atoms with E-state index in [4.69, 9.17) is 10.5 Å². The zero-order valence-electron chi connectivity index (χ0n) is 13.6. The minimum atomic E-state index is -0.0288. The highest BCUT2D eigenvalue weighted by Gasteiger charge is 2.15. The van der Waals surface area contributed by atoms with Gasteiger partial charge in [-0.05, 0) is 45.2 Å². The summed E-state index contributed by atoms with van der Waals surface area (Å²) in [5.74, 6) is 0.868. The van der Waals surface area contributed by atoms with Crippen molar-refractivity contribution >= 4 is 0 Å². The molecular formula is C17H25N3O. The third-order valence-electron chi connectivity index (χ3n) is 4.15. The second-order valence-electron chi connectivity index (χ2n) is 5.66. The minimum absolute atomic E-state index is 0.0288. The number of methoxy groups -OCH3 is 1. The van der Waals surface area contributed by atoms with Crippen LogP contribution in [0, 0.1) is 20.8 Å². The maximum Gasteiger partial charge on any atom is 0.123 e. The van der Waals surface area contributed by atoms with Crippen molar-refractivity contribution in [1.29, 1.82) is 0 Å². The summed E-state index contributed by atoms with van der Waals surface area (Å²) in [5.41, 5.74) is 12.3. The molecule has 1 aromatic heterocycles. The van der Waals surface area contributed by atoms with Crippen molar-refractivity contribution in [2.24, 2.45) is 12.8 Å². The number of hydrogen-bond acceptors (Lipinski definition) is 3. The van der Waals surface area contributed by atoms with Crippen molar-refractivity contribution in [3.63, 3.8) is 0 Å². The van der Waals surface area contributed by atoms with E-state index in [1.165, 1.54) is 16.8 Å². The van der Waals surface area contributed by atoms with Crippen LogP contribution >= 0.6 is 0 Å². The molecule has 1 heterocycles. The molecule has 0 aliphatic rings. The van der Waals surface area contributed by atoms with Crippen LogP contribution in [0.25, 0.3) is 0 Å². The van der Waals surface area contributed by atoms with Gasteiger partial charge in [0.2, 0.25) is 0 Å². The lowest BCUT2D eigenvalue weighted by Crippen LogP contribution is -2.13. The lowest BCUT2D eigenvalue weighted by atomic mass is 9.97. The Hall–Kier alpha value is -1.81. The van der Waals surface area contributed by atoms with Crippen molar-refractivity contribution in [2.75, 3.05) is 7.11 Å². The Bertz CT molecular complexity index is 631. The molecule has 4 nitrogen and oxygen atoms in total. The van der Waals surface area contributed by atoms with E-state index >= 15 is 0 Å². The molecule has 2 rings (SSSR count). The molecule has 1 unspecified atom stereocenters. The first kappa shape index (κ1) is 15.6. The van der Waals surface area contributed by atoms with E-state index in [-0.39, 0.29) is 6.04 Å². The number of benzene rings is 1. The average Bonchev–Trinajstić information content (AvgIpc) is 2.70. The molecule has 114 valence electrons. The number of aromatic nitrogens is 2. The Kier molecular flexibility index (Phi) is 4.68. The first-order valence-electron chi connectivity index (χ1n) is 7.33. The number of nitrogens with zero attached hydrogens (tertiary/aromatic N) is 2. The maximum absolute atomic E-state index is 6.39. The molecule has 0 bridgehead atoms. The predicted molar refractivity (Wildman–Crippen MR) is 85.7 cm³/mol. The van der Waals surface area contributed by atoms with Crippen molar-refractivity contribution in [2.45, 2.75) is 39.7 Å². The molecule has 0 amide bonds. The van der Waals surface area contributed by atoms with Gasteiger partial charge in [-0.15, -0.1) is 0 Å². The second kappa shape index (κ2) is 6.31. The average molecular weight is 287 g/mol. The van der Waals surface area contributed by atoms with E-state index in [1.807, 2.05) is 23.9 Å². The largest absolute Gasteiger partial charge is 0.496 e. The molecule has 0 saturated heterocycles. The fourth-order valence-corrected chi connectivity index (χ4v) is 2.78. The molecule has 0 fully saturated rings. The quantitative estimate of drug-likeness (QED) is 0.919. The fraction of sp³-hybridized carbons (Fsp3) is 0.471. The second-order valence-corrected chi connectivity index (χ2v) is 5.66. The highest BCUT2D eigenvalue weighted by molar-refractivity contribution is 5.39. The summed E-state index contributed by atoms with van der Waals surface area (Å²) < 4.78 is 7.36. The normalized spacial score (nSPS) is 12.5. The van der Waals surface area contributed by atoms with E-state index < -0.39 is 0 Å². The van der Waals surface area contributed by atoms with Gasteiger partial charge in [-0.25, -0.2) is 0 Å². The summed E-state index contributed by atoms with van der Waals surface area (Å²) >= 11 is 0. The number of ether oxygens (including phenoxy) is 1. The first-order chi connectivity index (χ1) is 9.93. The standard InChI is InChI=1S/C17H25N3O/c1-11-6-9-17(21-5)15(10-11)16(18)8-7-14-12(2)19-20(4)13(14)3/h6,9-10,16H,7-8,18H2,1-5H3. The number of nitrogens with two attached hydrogens (primary N) is 1. The van der Waals surface area contributed by atoms with Crippen LogP contribution in [0.1, 0.15) is 40.5 Å². The van der Waals surface area contributed by atoms with Crippen LogP contribution in [-0.4, -0.2) is 16.9 Å². The van der Waals surface area contributed by atoms with Gasteiger partial charge < -0.3 is 10.5 Å². The van der Waals surface area contributed by atoms with Gasteiger partial charge in [0.15, 0.2) is 0 Å². The van der Waals surface area contributed by atoms with Gasteiger partial charge in [0.05, 0.1) is 12.8 Å². The van der Waals surface area contributed by atoms with Crippen LogP contribution < -0.4 is 10.5 Å². The van der Waals surface area contributed by atoms with Crippen LogP contribution in [-0.2, 0) is 13.5 Å². The van der Waals surface area contributed by atoms with Gasteiger partial charge in [0.1, 0.15) is 5.75 Å². The van der Waals surface area contributed by atoms with E-state index in [1.54, 1.807) is 7.11 Å². The number of rotatable bonds is 5. The molecule has 1 aromatic carbocycles. The van der Waals surface area contributed by atoms with Gasteiger partial charge in [-0.2, -0.15) is 5.10 Å². The van der Waals surface area contributed by atoms with Crippen LogP contribution in [0.2, 0.25) is 0 Å². The molecule has 0 aliphatic carbocycles. The van der Waals surface area contributed by atoms with E-state index in [0.29, 0.717) is 0 Å². The Morgan fingerprint density at radius 1 is 1.29 bits per heavy atom. The first-order valence-corrected chi connectivity index (χ1v) is 7.33. The zero-order valence-corrected chi connectivity index (χ0v) is 13.6. The van der Waals surface area contributed by atoms with E-state index in [2.05, 4.69) is 31.9 Å². The third-order valence-corrected chi connectivity index (χ3v) is 4.15. The van der Waals surface area contributed by atoms with Crippen molar-refractivity contribution in [3.8, 4) is 5.75 Å². The molecular weight excluding hydrogens is 262 g/mol. The Morgan fingerprint density at radius 3 is 2.57 bits per heavy atom. The molecule has 4 heteroatoms. The number of aryl methyl sites for hydroxylation is 3. The summed E-state index contributed by atoms with van der Waals surface area (Å²) in [6, 6.07) is 6.13. The molecule has 0 radical (unpaired) electrons. The van der Waals surface area contributed by atoms with Gasteiger partial charge in [-0.1, -0.05) is 17.7 Å². The van der Waals surface area contributed by atoms with Crippen molar-refractivity contribution < 1.29 is 4.74 Å². The number of hydrogen-bond donors (Lipinski definition) is 1. The smallest absolute Gasteiger partial charge is 0.123 e. The SMILES string of the molecule is COc1ccc(C)cc1C(N)CCc1c(C)nn(C)c1C. The van der Waals surface area contributed by atoms with Crippen LogP contribution in [0.4, 0.5) is 0 Å². The van der Waals surface area contributed by atoms with E-state index in [9.17, 15) is 0 Å². The molecule has 0 spiro atoms. The van der Waals surface area contributed by atoms with Gasteiger partial charge in [0, 0.05) is 24.3 Å². The molecule has 1 atom stereocenters. The Labute approximate surface area is 126 Å². The Balaban J connectivity index is 2.15. The monoisotopic (exact) mass is 287 g/mol. The molecule has 2 aromatic rings. The highest BCUT2D eigenvalue weighted by Crippen LogP contribution is 2.28. The van der Waals surface area contributed by atoms with Gasteiger partial charge in [-0.3, -0.25) is 4.68 Å². The van der Waals surface area contributed by atoms with Gasteiger partial charge >= 0.3 is 0 Å². The lowest BCUT2D eigenvalue weighted by Gasteiger charge is -2.16. The maximum atomic E-state index is 6.39. The zero-order chi connectivity index (χ0) is 15.6. The summed E-state index contributed by atoms with van der Waals surface area (Å²) in [6.45, 7) is 6.24. The van der Waals surface area contributed by atoms with E-state index in [0.717, 1.165) is 29.8 Å². The molecule has 0 saturated carbocycles. The van der Waals surface area contributed by atoms with Crippen molar-refractivity contribution in [3.05, 3.63) is 46.3 Å². The minimum Gasteiger partial charge on any atom is -0.496 e. The molecule has 2 N–H and O–H groups in total. The lowest BCUT2D eigenvalue weighted by molar-refractivity contribution is 0.404. The van der Waals surface area contributed by atoms with Crippen LogP contribution in [0.5, 0.6) is 5.75 Å². The summed E-state index contributed by atoms with van der Waals surface area (Å²) in [6.07, 6.45) is 1.82. The summed E-state index contributed by atoms with van der Waals surface area (Å²) in [4.78, 5) is 0.